The lowest BCUT2D eigenvalue weighted by molar-refractivity contribution is 0.547. The number of hydrogen-bond donors (Lipinski definition) is 2. The van der Waals surface area contributed by atoms with E-state index in [1.54, 1.807) is 12.1 Å². The number of benzene rings is 1. The Bertz CT molecular complexity index is 467. The van der Waals surface area contributed by atoms with Gasteiger partial charge in [0.15, 0.2) is 9.84 Å². The third-order valence-corrected chi connectivity index (χ3v) is 3.89. The molecule has 0 unspecified atom stereocenters. The van der Waals surface area contributed by atoms with Crippen molar-refractivity contribution in [1.29, 1.82) is 0 Å². The first-order valence-corrected chi connectivity index (χ1v) is 8.52. The Balaban J connectivity index is 2.27. The van der Waals surface area contributed by atoms with Gasteiger partial charge in [-0.2, -0.15) is 0 Å². The first-order valence-electron chi connectivity index (χ1n) is 6.62. The van der Waals surface area contributed by atoms with Gasteiger partial charge in [-0.15, -0.1) is 0 Å². The topological polar surface area (TPSA) is 58.2 Å². The summed E-state index contributed by atoms with van der Waals surface area (Å²) in [6, 6.07) is 7.56. The Labute approximate surface area is 116 Å². The lowest BCUT2D eigenvalue weighted by Crippen LogP contribution is -2.26. The van der Waals surface area contributed by atoms with Crippen molar-refractivity contribution in [1.82, 2.24) is 10.6 Å². The van der Waals surface area contributed by atoms with E-state index >= 15 is 0 Å². The number of sulfone groups is 1. The molecule has 0 amide bonds. The van der Waals surface area contributed by atoms with E-state index in [1.807, 2.05) is 12.1 Å². The summed E-state index contributed by atoms with van der Waals surface area (Å²) < 4.78 is 22.6. The minimum atomic E-state index is -3.09. The maximum Gasteiger partial charge on any atom is 0.175 e. The zero-order valence-electron chi connectivity index (χ0n) is 11.9. The molecule has 19 heavy (non-hydrogen) atoms. The molecule has 0 bridgehead atoms. The predicted octanol–water partition coefficient (Wildman–Crippen LogP) is 1.57. The molecule has 2 N–H and O–H groups in total. The molecule has 1 aromatic rings. The standard InChI is InChI=1S/C14H24N2O2S/c1-12(2)16-10-4-9-15-11-13-5-7-14(8-6-13)19(3,17)18/h5-8,12,15-16H,4,9-11H2,1-3H3. The summed E-state index contributed by atoms with van der Waals surface area (Å²) in [5, 5.41) is 6.71. The van der Waals surface area contributed by atoms with Gasteiger partial charge in [0.1, 0.15) is 0 Å². The molecule has 0 spiro atoms. The second kappa shape index (κ2) is 7.62. The van der Waals surface area contributed by atoms with Crippen LogP contribution < -0.4 is 10.6 Å². The van der Waals surface area contributed by atoms with Crippen LogP contribution in [0.25, 0.3) is 0 Å². The van der Waals surface area contributed by atoms with Gasteiger partial charge in [0.2, 0.25) is 0 Å². The van der Waals surface area contributed by atoms with Crippen molar-refractivity contribution in [2.75, 3.05) is 19.3 Å². The first kappa shape index (κ1) is 16.1. The van der Waals surface area contributed by atoms with Crippen LogP contribution in [0.1, 0.15) is 25.8 Å². The van der Waals surface area contributed by atoms with Gasteiger partial charge in [-0.05, 0) is 37.2 Å². The lowest BCUT2D eigenvalue weighted by atomic mass is 10.2. The summed E-state index contributed by atoms with van der Waals surface area (Å²) in [5.74, 6) is 0. The average Bonchev–Trinajstić information content (AvgIpc) is 2.32. The van der Waals surface area contributed by atoms with Crippen LogP contribution >= 0.6 is 0 Å². The fourth-order valence-electron chi connectivity index (χ4n) is 1.69. The second-order valence-corrected chi connectivity index (χ2v) is 7.07. The molecule has 0 radical (unpaired) electrons. The minimum absolute atomic E-state index is 0.373. The van der Waals surface area contributed by atoms with Crippen molar-refractivity contribution < 1.29 is 8.42 Å². The normalized spacial score (nSPS) is 12.0. The van der Waals surface area contributed by atoms with Gasteiger partial charge >= 0.3 is 0 Å². The molecule has 1 aromatic carbocycles. The van der Waals surface area contributed by atoms with Gasteiger partial charge in [-0.25, -0.2) is 8.42 Å². The minimum Gasteiger partial charge on any atom is -0.314 e. The summed E-state index contributed by atoms with van der Waals surface area (Å²) in [7, 11) is -3.09. The molecule has 0 aliphatic heterocycles. The quantitative estimate of drug-likeness (QED) is 0.711. The SMILES string of the molecule is CC(C)NCCCNCc1ccc(S(C)(=O)=O)cc1. The Hall–Kier alpha value is -0.910. The van der Waals surface area contributed by atoms with Crippen LogP contribution in [0.4, 0.5) is 0 Å². The Morgan fingerprint density at radius 1 is 1.11 bits per heavy atom. The monoisotopic (exact) mass is 284 g/mol. The zero-order chi connectivity index (χ0) is 14.3. The van der Waals surface area contributed by atoms with E-state index in [1.165, 1.54) is 6.26 Å². The molecule has 4 nitrogen and oxygen atoms in total. The van der Waals surface area contributed by atoms with E-state index in [2.05, 4.69) is 24.5 Å². The molecule has 0 aliphatic rings. The van der Waals surface area contributed by atoms with E-state index in [0.29, 0.717) is 10.9 Å². The van der Waals surface area contributed by atoms with Crippen molar-refractivity contribution in [3.8, 4) is 0 Å². The highest BCUT2D eigenvalue weighted by atomic mass is 32.2. The van der Waals surface area contributed by atoms with Gasteiger partial charge in [0.05, 0.1) is 4.90 Å². The Morgan fingerprint density at radius 2 is 1.74 bits per heavy atom. The third kappa shape index (κ3) is 6.71. The molecular formula is C14H24N2O2S. The van der Waals surface area contributed by atoms with Crippen LogP contribution in [0.3, 0.4) is 0 Å². The van der Waals surface area contributed by atoms with Crippen LogP contribution in [0, 0.1) is 0 Å². The van der Waals surface area contributed by atoms with Gasteiger partial charge in [-0.1, -0.05) is 26.0 Å². The largest absolute Gasteiger partial charge is 0.314 e. The summed E-state index contributed by atoms with van der Waals surface area (Å²) in [6.07, 6.45) is 2.31. The summed E-state index contributed by atoms with van der Waals surface area (Å²) in [4.78, 5) is 0.373. The van der Waals surface area contributed by atoms with E-state index in [9.17, 15) is 8.42 Å². The predicted molar refractivity (Wildman–Crippen MR) is 79.0 cm³/mol. The highest BCUT2D eigenvalue weighted by Gasteiger charge is 2.05. The van der Waals surface area contributed by atoms with E-state index < -0.39 is 9.84 Å². The van der Waals surface area contributed by atoms with Crippen molar-refractivity contribution in [2.24, 2.45) is 0 Å². The van der Waals surface area contributed by atoms with E-state index in [0.717, 1.165) is 31.6 Å². The molecule has 108 valence electrons. The fourth-order valence-corrected chi connectivity index (χ4v) is 2.32. The smallest absolute Gasteiger partial charge is 0.175 e. The molecule has 0 saturated carbocycles. The average molecular weight is 284 g/mol. The van der Waals surface area contributed by atoms with E-state index in [-0.39, 0.29) is 0 Å². The zero-order valence-corrected chi connectivity index (χ0v) is 12.8. The molecule has 1 rings (SSSR count). The van der Waals surface area contributed by atoms with Crippen LogP contribution in [0.15, 0.2) is 29.2 Å². The molecule has 0 heterocycles. The van der Waals surface area contributed by atoms with Gasteiger partial charge in [-0.3, -0.25) is 0 Å². The molecule has 0 fully saturated rings. The van der Waals surface area contributed by atoms with Crippen molar-refractivity contribution in [2.45, 2.75) is 37.8 Å². The van der Waals surface area contributed by atoms with Crippen LogP contribution in [-0.4, -0.2) is 33.8 Å². The Kier molecular flexibility index (Phi) is 6.48. The van der Waals surface area contributed by atoms with Gasteiger partial charge < -0.3 is 10.6 Å². The van der Waals surface area contributed by atoms with Crippen LogP contribution in [0.2, 0.25) is 0 Å². The maximum absolute atomic E-state index is 11.3. The molecule has 0 atom stereocenters. The lowest BCUT2D eigenvalue weighted by Gasteiger charge is -2.09. The number of hydrogen-bond acceptors (Lipinski definition) is 4. The molecular weight excluding hydrogens is 260 g/mol. The van der Waals surface area contributed by atoms with Gasteiger partial charge in [0.25, 0.3) is 0 Å². The molecule has 0 aliphatic carbocycles. The summed E-state index contributed by atoms with van der Waals surface area (Å²) in [5.41, 5.74) is 1.10. The number of nitrogens with one attached hydrogen (secondary N) is 2. The molecule has 5 heteroatoms. The summed E-state index contributed by atoms with van der Waals surface area (Å²) >= 11 is 0. The fraction of sp³-hybridized carbons (Fsp3) is 0.571. The number of rotatable bonds is 8. The Morgan fingerprint density at radius 3 is 2.26 bits per heavy atom. The summed E-state index contributed by atoms with van der Waals surface area (Å²) in [6.45, 7) is 7.00. The van der Waals surface area contributed by atoms with Crippen LogP contribution in [-0.2, 0) is 16.4 Å². The van der Waals surface area contributed by atoms with Crippen molar-refractivity contribution >= 4 is 9.84 Å². The first-order chi connectivity index (χ1) is 8.89. The second-order valence-electron chi connectivity index (χ2n) is 5.06. The van der Waals surface area contributed by atoms with Crippen LogP contribution in [0.5, 0.6) is 0 Å². The molecule has 0 saturated heterocycles. The van der Waals surface area contributed by atoms with Gasteiger partial charge in [0, 0.05) is 18.8 Å². The third-order valence-electron chi connectivity index (χ3n) is 2.76. The highest BCUT2D eigenvalue weighted by molar-refractivity contribution is 7.90. The van der Waals surface area contributed by atoms with Crippen molar-refractivity contribution in [3.05, 3.63) is 29.8 Å². The maximum atomic E-state index is 11.3. The highest BCUT2D eigenvalue weighted by Crippen LogP contribution is 2.09. The van der Waals surface area contributed by atoms with E-state index in [4.69, 9.17) is 0 Å². The molecule has 0 aromatic heterocycles. The van der Waals surface area contributed by atoms with Crippen molar-refractivity contribution in [3.63, 3.8) is 0 Å².